The first kappa shape index (κ1) is 17.8. The Kier molecular flexibility index (Phi) is 5.60. The number of amides is 1. The fourth-order valence-electron chi connectivity index (χ4n) is 2.96. The quantitative estimate of drug-likeness (QED) is 0.778. The van der Waals surface area contributed by atoms with Gasteiger partial charge in [-0.25, -0.2) is 0 Å². The van der Waals surface area contributed by atoms with E-state index in [2.05, 4.69) is 15.9 Å². The minimum Gasteiger partial charge on any atom is -0.495 e. The first-order chi connectivity index (χ1) is 12.2. The number of morpholine rings is 1. The van der Waals surface area contributed by atoms with Crippen LogP contribution in [0.25, 0.3) is 0 Å². The summed E-state index contributed by atoms with van der Waals surface area (Å²) in [5.41, 5.74) is 1.59. The van der Waals surface area contributed by atoms with Gasteiger partial charge in [-0.3, -0.25) is 4.79 Å². The van der Waals surface area contributed by atoms with E-state index < -0.39 is 0 Å². The number of rotatable bonds is 4. The van der Waals surface area contributed by atoms with Crippen LogP contribution in [0.2, 0.25) is 0 Å². The maximum atomic E-state index is 13.2. The van der Waals surface area contributed by atoms with Crippen LogP contribution in [0, 0.1) is 0 Å². The summed E-state index contributed by atoms with van der Waals surface area (Å²) < 4.78 is 17.0. The molecule has 0 saturated carbocycles. The second-order valence-electron chi connectivity index (χ2n) is 5.69. The largest absolute Gasteiger partial charge is 0.495 e. The minimum atomic E-state index is -0.108. The molecule has 1 aliphatic rings. The number of hydrogen-bond donors (Lipinski definition) is 0. The molecular weight excluding hydrogens is 386 g/mol. The van der Waals surface area contributed by atoms with Crippen LogP contribution in [0.3, 0.4) is 0 Å². The van der Waals surface area contributed by atoms with Crippen molar-refractivity contribution in [1.82, 2.24) is 4.90 Å². The number of ether oxygens (including phenoxy) is 3. The van der Waals surface area contributed by atoms with Gasteiger partial charge in [-0.1, -0.05) is 30.3 Å². The summed E-state index contributed by atoms with van der Waals surface area (Å²) in [6.45, 7) is 1.56. The Hall–Kier alpha value is -2.05. The lowest BCUT2D eigenvalue weighted by atomic mass is 10.0. The lowest BCUT2D eigenvalue weighted by molar-refractivity contribution is -0.00272. The number of carbonyl (C=O) groups excluding carboxylic acids is 1. The van der Waals surface area contributed by atoms with Gasteiger partial charge in [0.05, 0.1) is 33.5 Å². The van der Waals surface area contributed by atoms with Gasteiger partial charge in [-0.2, -0.15) is 0 Å². The molecule has 0 bridgehead atoms. The van der Waals surface area contributed by atoms with Crippen molar-refractivity contribution in [1.29, 1.82) is 0 Å². The molecule has 1 aliphatic heterocycles. The highest BCUT2D eigenvalue weighted by Crippen LogP contribution is 2.36. The first-order valence-electron chi connectivity index (χ1n) is 8.01. The molecule has 1 fully saturated rings. The summed E-state index contributed by atoms with van der Waals surface area (Å²) in [6, 6.07) is 13.3. The predicted octanol–water partition coefficient (Wildman–Crippen LogP) is 3.68. The first-order valence-corrected chi connectivity index (χ1v) is 8.80. The van der Waals surface area contributed by atoms with E-state index in [1.807, 2.05) is 35.2 Å². The van der Waals surface area contributed by atoms with Crippen LogP contribution >= 0.6 is 15.9 Å². The molecular formula is C19H20BrNO4. The van der Waals surface area contributed by atoms with Gasteiger partial charge in [0.15, 0.2) is 0 Å². The molecule has 132 valence electrons. The molecule has 1 amide bonds. The van der Waals surface area contributed by atoms with E-state index in [0.717, 1.165) is 5.56 Å². The Morgan fingerprint density at radius 1 is 1.16 bits per heavy atom. The number of carbonyl (C=O) groups is 1. The molecule has 1 saturated heterocycles. The van der Waals surface area contributed by atoms with E-state index in [1.54, 1.807) is 26.4 Å². The van der Waals surface area contributed by atoms with Crippen LogP contribution in [-0.4, -0.2) is 44.8 Å². The van der Waals surface area contributed by atoms with Crippen molar-refractivity contribution in [3.63, 3.8) is 0 Å². The molecule has 2 aromatic carbocycles. The number of methoxy groups -OCH3 is 2. The fourth-order valence-corrected chi connectivity index (χ4v) is 3.51. The molecule has 0 aliphatic carbocycles. The maximum Gasteiger partial charge on any atom is 0.254 e. The maximum absolute atomic E-state index is 13.2. The lowest BCUT2D eigenvalue weighted by Crippen LogP contribution is -2.43. The summed E-state index contributed by atoms with van der Waals surface area (Å²) >= 11 is 3.43. The number of halogens is 1. The third-order valence-electron chi connectivity index (χ3n) is 4.27. The predicted molar refractivity (Wildman–Crippen MR) is 98.3 cm³/mol. The van der Waals surface area contributed by atoms with E-state index in [0.29, 0.717) is 41.3 Å². The standard InChI is InChI=1S/C19H20BrNO4/c1-23-16-10-14(11-17(24-2)18(16)20)19(22)21-8-9-25-12-15(21)13-6-4-3-5-7-13/h3-7,10-11,15H,8-9,12H2,1-2H3. The van der Waals surface area contributed by atoms with Gasteiger partial charge in [-0.05, 0) is 33.6 Å². The smallest absolute Gasteiger partial charge is 0.254 e. The zero-order valence-corrected chi connectivity index (χ0v) is 15.8. The molecule has 0 aromatic heterocycles. The zero-order chi connectivity index (χ0) is 17.8. The molecule has 2 aromatic rings. The van der Waals surface area contributed by atoms with Crippen molar-refractivity contribution in [2.24, 2.45) is 0 Å². The molecule has 1 unspecified atom stereocenters. The van der Waals surface area contributed by atoms with Gasteiger partial charge in [-0.15, -0.1) is 0 Å². The highest BCUT2D eigenvalue weighted by Gasteiger charge is 2.30. The Balaban J connectivity index is 1.95. The van der Waals surface area contributed by atoms with Crippen molar-refractivity contribution in [3.8, 4) is 11.5 Å². The molecule has 0 spiro atoms. The Morgan fingerprint density at radius 2 is 1.80 bits per heavy atom. The Morgan fingerprint density at radius 3 is 2.40 bits per heavy atom. The van der Waals surface area contributed by atoms with Crippen molar-refractivity contribution in [2.75, 3.05) is 34.0 Å². The molecule has 1 atom stereocenters. The van der Waals surface area contributed by atoms with Gasteiger partial charge in [0.1, 0.15) is 16.0 Å². The lowest BCUT2D eigenvalue weighted by Gasteiger charge is -2.36. The summed E-state index contributed by atoms with van der Waals surface area (Å²) in [5.74, 6) is 1.06. The summed E-state index contributed by atoms with van der Waals surface area (Å²) in [4.78, 5) is 15.0. The SMILES string of the molecule is COc1cc(C(=O)N2CCOCC2c2ccccc2)cc(OC)c1Br. The topological polar surface area (TPSA) is 48.0 Å². The van der Waals surface area contributed by atoms with E-state index in [1.165, 1.54) is 0 Å². The molecule has 3 rings (SSSR count). The van der Waals surface area contributed by atoms with E-state index in [-0.39, 0.29) is 11.9 Å². The van der Waals surface area contributed by atoms with Crippen molar-refractivity contribution in [3.05, 3.63) is 58.1 Å². The third-order valence-corrected chi connectivity index (χ3v) is 5.05. The van der Waals surface area contributed by atoms with Crippen LogP contribution in [0.15, 0.2) is 46.9 Å². The minimum absolute atomic E-state index is 0.0683. The highest BCUT2D eigenvalue weighted by atomic mass is 79.9. The summed E-state index contributed by atoms with van der Waals surface area (Å²) in [6.07, 6.45) is 0. The van der Waals surface area contributed by atoms with Crippen LogP contribution in [0.4, 0.5) is 0 Å². The average Bonchev–Trinajstić information content (AvgIpc) is 2.68. The Bertz CT molecular complexity index is 725. The molecule has 25 heavy (non-hydrogen) atoms. The number of hydrogen-bond acceptors (Lipinski definition) is 4. The second kappa shape index (κ2) is 7.89. The fraction of sp³-hybridized carbons (Fsp3) is 0.316. The van der Waals surface area contributed by atoms with E-state index in [4.69, 9.17) is 14.2 Å². The molecule has 0 radical (unpaired) electrons. The summed E-state index contributed by atoms with van der Waals surface area (Å²) in [7, 11) is 3.13. The van der Waals surface area contributed by atoms with Crippen LogP contribution in [-0.2, 0) is 4.74 Å². The van der Waals surface area contributed by atoms with Crippen LogP contribution in [0.1, 0.15) is 22.0 Å². The van der Waals surface area contributed by atoms with Gasteiger partial charge >= 0.3 is 0 Å². The molecule has 0 N–H and O–H groups in total. The third kappa shape index (κ3) is 3.65. The van der Waals surface area contributed by atoms with Gasteiger partial charge in [0, 0.05) is 12.1 Å². The van der Waals surface area contributed by atoms with Crippen LogP contribution < -0.4 is 9.47 Å². The Labute approximate surface area is 155 Å². The normalized spacial score (nSPS) is 17.2. The zero-order valence-electron chi connectivity index (χ0n) is 14.2. The van der Waals surface area contributed by atoms with Crippen molar-refractivity contribution in [2.45, 2.75) is 6.04 Å². The van der Waals surface area contributed by atoms with Gasteiger partial charge < -0.3 is 19.1 Å². The number of nitrogens with zero attached hydrogens (tertiary/aromatic N) is 1. The van der Waals surface area contributed by atoms with Crippen molar-refractivity contribution >= 4 is 21.8 Å². The van der Waals surface area contributed by atoms with E-state index in [9.17, 15) is 4.79 Å². The monoisotopic (exact) mass is 405 g/mol. The van der Waals surface area contributed by atoms with E-state index >= 15 is 0 Å². The summed E-state index contributed by atoms with van der Waals surface area (Å²) in [5, 5.41) is 0. The van der Waals surface area contributed by atoms with Crippen LogP contribution in [0.5, 0.6) is 11.5 Å². The highest BCUT2D eigenvalue weighted by molar-refractivity contribution is 9.10. The van der Waals surface area contributed by atoms with Crippen molar-refractivity contribution < 1.29 is 19.0 Å². The van der Waals surface area contributed by atoms with Gasteiger partial charge in [0.2, 0.25) is 0 Å². The average molecular weight is 406 g/mol. The van der Waals surface area contributed by atoms with Gasteiger partial charge in [0.25, 0.3) is 5.91 Å². The molecule has 6 heteroatoms. The number of benzene rings is 2. The molecule has 1 heterocycles. The molecule has 5 nitrogen and oxygen atoms in total. The second-order valence-corrected chi connectivity index (χ2v) is 6.49.